The van der Waals surface area contributed by atoms with Gasteiger partial charge in [0, 0.05) is 38.7 Å². The van der Waals surface area contributed by atoms with Crippen LogP contribution in [0.15, 0.2) is 12.4 Å². The van der Waals surface area contributed by atoms with Gasteiger partial charge in [-0.25, -0.2) is 4.98 Å². The second-order valence-electron chi connectivity index (χ2n) is 5.36. The van der Waals surface area contributed by atoms with Crippen LogP contribution in [0.4, 0.5) is 5.95 Å². The molecule has 0 aliphatic heterocycles. The van der Waals surface area contributed by atoms with Gasteiger partial charge in [0.2, 0.25) is 5.95 Å². The first kappa shape index (κ1) is 14.4. The minimum atomic E-state index is 0.802. The molecule has 1 fully saturated rings. The van der Waals surface area contributed by atoms with Crippen molar-refractivity contribution in [1.82, 2.24) is 9.55 Å². The van der Waals surface area contributed by atoms with E-state index in [-0.39, 0.29) is 0 Å². The Labute approximate surface area is 116 Å². The molecule has 2 rings (SSSR count). The molecule has 1 aliphatic rings. The molecule has 1 saturated carbocycles. The quantitative estimate of drug-likeness (QED) is 0.696. The summed E-state index contributed by atoms with van der Waals surface area (Å²) in [6.07, 6.45) is 12.0. The fraction of sp³-hybridized carbons (Fsp3) is 0.800. The van der Waals surface area contributed by atoms with Crippen LogP contribution in [0.2, 0.25) is 0 Å². The number of ether oxygens (including phenoxy) is 1. The highest BCUT2D eigenvalue weighted by atomic mass is 16.5. The Balaban J connectivity index is 1.67. The van der Waals surface area contributed by atoms with Crippen molar-refractivity contribution in [2.45, 2.75) is 52.0 Å². The van der Waals surface area contributed by atoms with Gasteiger partial charge < -0.3 is 14.6 Å². The third-order valence-electron chi connectivity index (χ3n) is 3.92. The van der Waals surface area contributed by atoms with Crippen molar-refractivity contribution in [2.75, 3.05) is 25.1 Å². The Hall–Kier alpha value is -1.03. The highest BCUT2D eigenvalue weighted by molar-refractivity contribution is 5.25. The van der Waals surface area contributed by atoms with Crippen molar-refractivity contribution >= 4 is 5.95 Å². The number of hydrogen-bond acceptors (Lipinski definition) is 3. The molecule has 4 nitrogen and oxygen atoms in total. The molecular weight excluding hydrogens is 238 g/mol. The first-order valence-corrected chi connectivity index (χ1v) is 7.73. The third-order valence-corrected chi connectivity index (χ3v) is 3.92. The van der Waals surface area contributed by atoms with Gasteiger partial charge in [0.25, 0.3) is 0 Å². The Bertz CT molecular complexity index is 345. The normalized spacial score (nSPS) is 16.1. The third kappa shape index (κ3) is 4.86. The molecule has 1 aromatic heterocycles. The van der Waals surface area contributed by atoms with Crippen molar-refractivity contribution < 1.29 is 4.74 Å². The smallest absolute Gasteiger partial charge is 0.202 e. The van der Waals surface area contributed by atoms with Gasteiger partial charge in [-0.15, -0.1) is 0 Å². The topological polar surface area (TPSA) is 39.1 Å². The highest BCUT2D eigenvalue weighted by Gasteiger charge is 2.15. The summed E-state index contributed by atoms with van der Waals surface area (Å²) in [4.78, 5) is 4.39. The van der Waals surface area contributed by atoms with E-state index in [0.717, 1.165) is 44.6 Å². The van der Waals surface area contributed by atoms with Gasteiger partial charge in [0.1, 0.15) is 0 Å². The van der Waals surface area contributed by atoms with Crippen LogP contribution in [0.1, 0.15) is 45.4 Å². The lowest BCUT2D eigenvalue weighted by atomic mass is 10.0. The van der Waals surface area contributed by atoms with E-state index >= 15 is 0 Å². The number of aryl methyl sites for hydroxylation is 1. The van der Waals surface area contributed by atoms with E-state index in [1.54, 1.807) is 0 Å². The van der Waals surface area contributed by atoms with Crippen molar-refractivity contribution in [3.63, 3.8) is 0 Å². The zero-order valence-corrected chi connectivity index (χ0v) is 12.1. The average Bonchev–Trinajstić information content (AvgIpc) is 3.07. The molecule has 0 bridgehead atoms. The molecule has 4 heteroatoms. The number of imidazole rings is 1. The van der Waals surface area contributed by atoms with Crippen molar-refractivity contribution in [1.29, 1.82) is 0 Å². The van der Waals surface area contributed by atoms with E-state index in [1.807, 2.05) is 13.1 Å². The van der Waals surface area contributed by atoms with Crippen LogP contribution >= 0.6 is 0 Å². The van der Waals surface area contributed by atoms with Gasteiger partial charge in [-0.2, -0.15) is 0 Å². The van der Waals surface area contributed by atoms with Gasteiger partial charge in [-0.05, 0) is 25.7 Å². The minimum absolute atomic E-state index is 0.802. The summed E-state index contributed by atoms with van der Waals surface area (Å²) >= 11 is 0. The Morgan fingerprint density at radius 1 is 1.42 bits per heavy atom. The fourth-order valence-electron chi connectivity index (χ4n) is 2.80. The van der Waals surface area contributed by atoms with E-state index in [1.165, 1.54) is 32.1 Å². The van der Waals surface area contributed by atoms with Crippen LogP contribution in [0.3, 0.4) is 0 Å². The summed E-state index contributed by atoms with van der Waals surface area (Å²) in [7, 11) is 0. The molecule has 1 aromatic rings. The molecule has 0 atom stereocenters. The number of hydrogen-bond donors (Lipinski definition) is 1. The number of anilines is 1. The van der Waals surface area contributed by atoms with Gasteiger partial charge in [-0.3, -0.25) is 0 Å². The van der Waals surface area contributed by atoms with Crippen molar-refractivity contribution in [2.24, 2.45) is 5.92 Å². The van der Waals surface area contributed by atoms with Gasteiger partial charge in [0.15, 0.2) is 0 Å². The lowest BCUT2D eigenvalue weighted by Crippen LogP contribution is -2.11. The monoisotopic (exact) mass is 265 g/mol. The van der Waals surface area contributed by atoms with Crippen LogP contribution in [-0.4, -0.2) is 29.3 Å². The van der Waals surface area contributed by atoms with Crippen molar-refractivity contribution in [3.8, 4) is 0 Å². The number of nitrogens with zero attached hydrogens (tertiary/aromatic N) is 2. The summed E-state index contributed by atoms with van der Waals surface area (Å²) in [5.41, 5.74) is 0. The standard InChI is InChI=1S/C15H27N3O/c1-2-19-13-5-9-16-15-17-10-12-18(15)11-8-14-6-3-4-7-14/h10,12,14H,2-9,11,13H2,1H3,(H,16,17). The molecule has 1 aliphatic carbocycles. The first-order valence-electron chi connectivity index (χ1n) is 7.73. The highest BCUT2D eigenvalue weighted by Crippen LogP contribution is 2.28. The molecule has 1 heterocycles. The molecule has 0 saturated heterocycles. The minimum Gasteiger partial charge on any atom is -0.382 e. The van der Waals surface area contributed by atoms with Crippen LogP contribution in [-0.2, 0) is 11.3 Å². The molecule has 1 N–H and O–H groups in total. The summed E-state index contributed by atoms with van der Waals surface area (Å²) < 4.78 is 7.58. The molecule has 0 unspecified atom stereocenters. The molecule has 19 heavy (non-hydrogen) atoms. The Kier molecular flexibility index (Phi) is 6.21. The largest absolute Gasteiger partial charge is 0.382 e. The van der Waals surface area contributed by atoms with E-state index in [4.69, 9.17) is 4.74 Å². The average molecular weight is 265 g/mol. The maximum absolute atomic E-state index is 5.33. The summed E-state index contributed by atoms with van der Waals surface area (Å²) in [5.74, 6) is 1.95. The zero-order chi connectivity index (χ0) is 13.3. The fourth-order valence-corrected chi connectivity index (χ4v) is 2.80. The summed E-state index contributed by atoms with van der Waals surface area (Å²) in [5, 5.41) is 3.40. The van der Waals surface area contributed by atoms with Crippen LogP contribution in [0.25, 0.3) is 0 Å². The molecule has 0 amide bonds. The second kappa shape index (κ2) is 8.20. The Morgan fingerprint density at radius 2 is 2.26 bits per heavy atom. The van der Waals surface area contributed by atoms with E-state index < -0.39 is 0 Å². The van der Waals surface area contributed by atoms with Gasteiger partial charge >= 0.3 is 0 Å². The predicted octanol–water partition coefficient (Wildman–Crippen LogP) is 3.30. The maximum Gasteiger partial charge on any atom is 0.202 e. The maximum atomic E-state index is 5.33. The van der Waals surface area contributed by atoms with Crippen molar-refractivity contribution in [3.05, 3.63) is 12.4 Å². The summed E-state index contributed by atoms with van der Waals surface area (Å²) in [6, 6.07) is 0. The van der Waals surface area contributed by atoms with E-state index in [2.05, 4.69) is 21.1 Å². The van der Waals surface area contributed by atoms with Crippen LogP contribution < -0.4 is 5.32 Å². The van der Waals surface area contributed by atoms with E-state index in [0.29, 0.717) is 0 Å². The summed E-state index contributed by atoms with van der Waals surface area (Å²) in [6.45, 7) is 5.68. The van der Waals surface area contributed by atoms with E-state index in [9.17, 15) is 0 Å². The SMILES string of the molecule is CCOCCCNc1nccn1CCC1CCCC1. The number of nitrogens with one attached hydrogen (secondary N) is 1. The van der Waals surface area contributed by atoms with Crippen LogP contribution in [0.5, 0.6) is 0 Å². The molecule has 0 spiro atoms. The molecular formula is C15H27N3O. The predicted molar refractivity (Wildman–Crippen MR) is 78.4 cm³/mol. The lowest BCUT2D eigenvalue weighted by Gasteiger charge is -2.12. The number of aromatic nitrogens is 2. The zero-order valence-electron chi connectivity index (χ0n) is 12.1. The number of rotatable bonds is 9. The second-order valence-corrected chi connectivity index (χ2v) is 5.36. The lowest BCUT2D eigenvalue weighted by molar-refractivity contribution is 0.147. The van der Waals surface area contributed by atoms with Gasteiger partial charge in [0.05, 0.1) is 0 Å². The van der Waals surface area contributed by atoms with Gasteiger partial charge in [-0.1, -0.05) is 25.7 Å². The molecule has 108 valence electrons. The molecule has 0 radical (unpaired) electrons. The Morgan fingerprint density at radius 3 is 3.05 bits per heavy atom. The molecule has 0 aromatic carbocycles. The first-order chi connectivity index (χ1) is 9.40. The van der Waals surface area contributed by atoms with Crippen LogP contribution in [0, 0.1) is 5.92 Å².